The Balaban J connectivity index is 0.812. The van der Waals surface area contributed by atoms with Crippen LogP contribution in [0.3, 0.4) is 0 Å². The molecule has 0 bridgehead atoms. The maximum Gasteiger partial charge on any atom is 0.329 e. The average Bonchev–Trinajstić information content (AvgIpc) is 1.22. The molecule has 5 amide bonds. The third-order valence-corrected chi connectivity index (χ3v) is 15.7. The van der Waals surface area contributed by atoms with Crippen LogP contribution in [-0.2, 0) is 53.1 Å². The van der Waals surface area contributed by atoms with E-state index in [9.17, 15) is 48.9 Å². The first kappa shape index (κ1) is 66.8. The number of aliphatic hydroxyl groups excluding tert-OH is 1. The quantitative estimate of drug-likeness (QED) is 0.0149. The summed E-state index contributed by atoms with van der Waals surface area (Å²) in [6.07, 6.45) is 7.18. The zero-order chi connectivity index (χ0) is 63.1. The van der Waals surface area contributed by atoms with Crippen molar-refractivity contribution in [2.75, 3.05) is 13.2 Å². The highest BCUT2D eigenvalue weighted by atomic mass is 16.5. The van der Waals surface area contributed by atoms with Crippen LogP contribution in [0.5, 0.6) is 23.0 Å². The molecule has 1 aromatic heterocycles. The number of aromatic hydroxyl groups is 2. The summed E-state index contributed by atoms with van der Waals surface area (Å²) >= 11 is 0. The zero-order valence-electron chi connectivity index (χ0n) is 51.0. The molecule has 1 aliphatic rings. The molecular formula is C69H85N5O14. The van der Waals surface area contributed by atoms with Crippen LogP contribution in [0, 0.1) is 11.8 Å². The number of aliphatic hydroxyl groups is 1. The van der Waals surface area contributed by atoms with Gasteiger partial charge in [0, 0.05) is 49.6 Å². The number of fused-ring (bicyclic) bond motifs is 1. The number of carbonyl (C=O) groups excluding carboxylic acids is 6. The minimum absolute atomic E-state index is 0.00190. The molecule has 88 heavy (non-hydrogen) atoms. The van der Waals surface area contributed by atoms with Crippen molar-refractivity contribution in [1.29, 1.82) is 0 Å². The molecule has 19 nitrogen and oxygen atoms in total. The van der Waals surface area contributed by atoms with Gasteiger partial charge in [0.1, 0.15) is 83.2 Å². The molecule has 0 radical (unpaired) electrons. The lowest BCUT2D eigenvalue weighted by atomic mass is 9.97. The molecule has 7 N–H and O–H groups in total. The standard InChI is InChI=1S/C69H85N5O14/c1-6-45(4)64(69(84)87-43-49-23-17-14-18-24-49)73-66(81)56(36-47-26-30-51(75)31-27-47)72-67(82)57-37-52(76)41-74(57)68(83)46(5)70-65(80)55(35-44(2)3)71-62(79)25-19-11-9-7-8-10-12-20-34-85-53-32-28-50(29-33-53)60-40-59(78)63-58(77)38-54(39-61(63)88-60)86-42-48-21-15-13-16-22-48/h13-18,21-24,26-33,38-40,44-46,52,55-57,64,75-77H,6-12,19-20,25,34-37,41-43H2,1-5H3,(H,70,80)(H,71,79)(H,72,82)(H,73,81)/t45-,46-,52-,55-,56-,57-,64-/m0/s1. The van der Waals surface area contributed by atoms with E-state index in [4.69, 9.17) is 18.6 Å². The summed E-state index contributed by atoms with van der Waals surface area (Å²) in [6, 6.07) is 30.9. The lowest BCUT2D eigenvalue weighted by molar-refractivity contribution is -0.151. The first-order valence-corrected chi connectivity index (χ1v) is 30.7. The maximum absolute atomic E-state index is 14.2. The van der Waals surface area contributed by atoms with E-state index in [1.165, 1.54) is 36.1 Å². The maximum atomic E-state index is 14.2. The highest BCUT2D eigenvalue weighted by Crippen LogP contribution is 2.32. The summed E-state index contributed by atoms with van der Waals surface area (Å²) in [7, 11) is 0. The Kier molecular flexibility index (Phi) is 25.4. The predicted octanol–water partition coefficient (Wildman–Crippen LogP) is 9.34. The van der Waals surface area contributed by atoms with E-state index >= 15 is 0 Å². The van der Waals surface area contributed by atoms with Crippen LogP contribution in [0.4, 0.5) is 0 Å². The number of phenolic OH excluding ortho intramolecular Hbond substituents is 2. The van der Waals surface area contributed by atoms with Gasteiger partial charge in [0.2, 0.25) is 29.5 Å². The van der Waals surface area contributed by atoms with E-state index in [1.807, 2.05) is 106 Å². The van der Waals surface area contributed by atoms with E-state index in [-0.39, 0.29) is 84.7 Å². The van der Waals surface area contributed by atoms with Crippen LogP contribution in [0.2, 0.25) is 0 Å². The van der Waals surface area contributed by atoms with Gasteiger partial charge in [0.25, 0.3) is 0 Å². The van der Waals surface area contributed by atoms with Crippen LogP contribution in [0.25, 0.3) is 22.3 Å². The molecule has 0 spiro atoms. The van der Waals surface area contributed by atoms with Crippen molar-refractivity contribution in [1.82, 2.24) is 26.2 Å². The Bertz CT molecular complexity index is 3300. The molecule has 7 rings (SSSR count). The second-order valence-electron chi connectivity index (χ2n) is 23.3. The normalized spacial score (nSPS) is 15.6. The Labute approximate surface area is 514 Å². The van der Waals surface area contributed by atoms with E-state index < -0.39 is 65.9 Å². The van der Waals surface area contributed by atoms with Crippen LogP contribution in [0.1, 0.15) is 128 Å². The molecule has 2 heterocycles. The summed E-state index contributed by atoms with van der Waals surface area (Å²) in [6.45, 7) is 9.60. The number of carbonyl (C=O) groups is 6. The smallest absolute Gasteiger partial charge is 0.329 e. The number of benzene rings is 5. The molecule has 0 saturated carbocycles. The number of likely N-dealkylation sites (tertiary alicyclic amines) is 1. The fourth-order valence-corrected chi connectivity index (χ4v) is 10.5. The van der Waals surface area contributed by atoms with Crippen molar-refractivity contribution in [2.45, 2.75) is 168 Å². The molecule has 6 aromatic rings. The Morgan fingerprint density at radius 3 is 1.93 bits per heavy atom. The molecule has 1 saturated heterocycles. The van der Waals surface area contributed by atoms with Crippen LogP contribution in [-0.4, -0.2) is 105 Å². The van der Waals surface area contributed by atoms with Gasteiger partial charge in [-0.3, -0.25) is 28.8 Å². The van der Waals surface area contributed by atoms with Gasteiger partial charge in [0.15, 0.2) is 5.43 Å². The highest BCUT2D eigenvalue weighted by Gasteiger charge is 2.42. The molecular weight excluding hydrogens is 1120 g/mol. The van der Waals surface area contributed by atoms with E-state index in [0.717, 1.165) is 56.1 Å². The largest absolute Gasteiger partial charge is 0.508 e. The molecule has 7 atom stereocenters. The summed E-state index contributed by atoms with van der Waals surface area (Å²) < 4.78 is 23.6. The van der Waals surface area contributed by atoms with E-state index in [1.54, 1.807) is 25.1 Å². The molecule has 0 aliphatic carbocycles. The topological polar surface area (TPSA) is 272 Å². The summed E-state index contributed by atoms with van der Waals surface area (Å²) in [5.74, 6) is -2.68. The number of amides is 5. The monoisotopic (exact) mass is 1210 g/mol. The number of esters is 1. The SMILES string of the molecule is CC[C@H](C)[C@H](NC(=O)[C@H](Cc1ccc(O)cc1)NC(=O)[C@@H]1C[C@H](O)CN1C(=O)[C@H](C)NC(=O)[C@H](CC(C)C)NC(=O)CCCCCCCCCCOc1ccc(-c2cc(=O)c3c(O)cc(OCc4ccccc4)cc3o2)cc1)C(=O)OCc1ccccc1. The number of hydrogen-bond donors (Lipinski definition) is 7. The van der Waals surface area contributed by atoms with Gasteiger partial charge < -0.3 is 60.1 Å². The van der Waals surface area contributed by atoms with Crippen LogP contribution < -0.4 is 36.2 Å². The second-order valence-corrected chi connectivity index (χ2v) is 23.3. The zero-order valence-corrected chi connectivity index (χ0v) is 51.0. The molecule has 1 fully saturated rings. The molecule has 470 valence electrons. The minimum atomic E-state index is -1.26. The highest BCUT2D eigenvalue weighted by molar-refractivity contribution is 5.96. The van der Waals surface area contributed by atoms with Crippen molar-refractivity contribution < 1.29 is 62.7 Å². The number of unbranched alkanes of at least 4 members (excludes halogenated alkanes) is 7. The molecule has 5 aromatic carbocycles. The Morgan fingerprint density at radius 2 is 1.28 bits per heavy atom. The van der Waals surface area contributed by atoms with Crippen molar-refractivity contribution in [3.8, 4) is 34.3 Å². The van der Waals surface area contributed by atoms with E-state index in [0.29, 0.717) is 54.3 Å². The number of β-amino-alcohol motifs (C(OH)–C–C–N with tert-alkyl or cyclic N) is 1. The third kappa shape index (κ3) is 20.2. The van der Waals surface area contributed by atoms with Gasteiger partial charge >= 0.3 is 5.97 Å². The Morgan fingerprint density at radius 1 is 0.659 bits per heavy atom. The van der Waals surface area contributed by atoms with Gasteiger partial charge in [0.05, 0.1) is 12.7 Å². The van der Waals surface area contributed by atoms with Crippen molar-refractivity contribution in [2.24, 2.45) is 11.8 Å². The van der Waals surface area contributed by atoms with Crippen LogP contribution >= 0.6 is 0 Å². The van der Waals surface area contributed by atoms with Crippen LogP contribution in [0.15, 0.2) is 137 Å². The molecule has 0 unspecified atom stereocenters. The van der Waals surface area contributed by atoms with Crippen molar-refractivity contribution in [3.63, 3.8) is 0 Å². The number of phenols is 2. The summed E-state index contributed by atoms with van der Waals surface area (Å²) in [4.78, 5) is 97.2. The predicted molar refractivity (Wildman–Crippen MR) is 334 cm³/mol. The number of nitrogens with zero attached hydrogens (tertiary/aromatic N) is 1. The van der Waals surface area contributed by atoms with Crippen molar-refractivity contribution >= 4 is 46.5 Å². The number of hydrogen-bond acceptors (Lipinski definition) is 14. The average molecular weight is 1210 g/mol. The third-order valence-electron chi connectivity index (χ3n) is 15.7. The fourth-order valence-electron chi connectivity index (χ4n) is 10.5. The van der Waals surface area contributed by atoms with Gasteiger partial charge in [-0.1, -0.05) is 145 Å². The van der Waals surface area contributed by atoms with Gasteiger partial charge in [-0.05, 0) is 91.1 Å². The first-order chi connectivity index (χ1) is 42.3. The second kappa shape index (κ2) is 33.4. The Hall–Kier alpha value is -8.71. The van der Waals surface area contributed by atoms with Crippen molar-refractivity contribution in [3.05, 3.63) is 154 Å². The fraction of sp³-hybridized carbons (Fsp3) is 0.435. The van der Waals surface area contributed by atoms with Gasteiger partial charge in [-0.25, -0.2) is 4.79 Å². The van der Waals surface area contributed by atoms with Gasteiger partial charge in [-0.2, -0.15) is 0 Å². The summed E-state index contributed by atoms with van der Waals surface area (Å²) in [5, 5.41) is 42.7. The minimum Gasteiger partial charge on any atom is -0.508 e. The van der Waals surface area contributed by atoms with Gasteiger partial charge in [-0.15, -0.1) is 0 Å². The lowest BCUT2D eigenvalue weighted by Crippen LogP contribution is -2.58. The molecule has 1 aliphatic heterocycles. The number of rotatable bonds is 33. The lowest BCUT2D eigenvalue weighted by Gasteiger charge is -2.30. The molecule has 19 heteroatoms. The number of nitrogens with one attached hydrogen (secondary N) is 4. The van der Waals surface area contributed by atoms with E-state index in [2.05, 4.69) is 21.3 Å². The first-order valence-electron chi connectivity index (χ1n) is 30.7. The summed E-state index contributed by atoms with van der Waals surface area (Å²) in [5.41, 5.74) is 2.83. The number of ether oxygens (including phenoxy) is 3.